The molecule has 0 saturated carbocycles. The van der Waals surface area contributed by atoms with Gasteiger partial charge in [-0.15, -0.1) is 15.0 Å². The van der Waals surface area contributed by atoms with E-state index in [9.17, 15) is 15.0 Å². The summed E-state index contributed by atoms with van der Waals surface area (Å²) in [5.74, 6) is -0.294. The Morgan fingerprint density at radius 3 is 2.26 bits per heavy atom. The lowest BCUT2D eigenvalue weighted by atomic mass is 10.0. The summed E-state index contributed by atoms with van der Waals surface area (Å²) in [6, 6.07) is 15.4. The predicted octanol–water partition coefficient (Wildman–Crippen LogP) is 4.86. The zero-order chi connectivity index (χ0) is 22.0. The molecule has 8 heteroatoms. The Hall–Kier alpha value is -3.19. The van der Waals surface area contributed by atoms with Gasteiger partial charge in [0.05, 0.1) is 10.0 Å². The van der Waals surface area contributed by atoms with E-state index in [2.05, 4.69) is 10.2 Å². The van der Waals surface area contributed by atoms with Crippen LogP contribution in [0.2, 0.25) is 10.0 Å². The van der Waals surface area contributed by atoms with Gasteiger partial charge in [-0.05, 0) is 48.4 Å². The smallest absolute Gasteiger partial charge is 0.185 e. The number of rotatable bonds is 6. The molecule has 31 heavy (non-hydrogen) atoms. The van der Waals surface area contributed by atoms with Crippen LogP contribution in [0.15, 0.2) is 60.7 Å². The van der Waals surface area contributed by atoms with Gasteiger partial charge >= 0.3 is 0 Å². The molecule has 6 nitrogen and oxygen atoms in total. The molecule has 0 bridgehead atoms. The molecule has 0 aliphatic rings. The highest BCUT2D eigenvalue weighted by atomic mass is 35.5. The van der Waals surface area contributed by atoms with Crippen molar-refractivity contribution < 1.29 is 15.0 Å². The van der Waals surface area contributed by atoms with E-state index in [0.717, 1.165) is 5.56 Å². The monoisotopic (exact) mass is 453 g/mol. The number of aromatic nitrogens is 3. The number of nitrogens with zero attached hydrogens (tertiary/aromatic N) is 3. The number of fused-ring (bicyclic) bond motifs is 1. The van der Waals surface area contributed by atoms with Crippen molar-refractivity contribution in [1.29, 1.82) is 0 Å². The third-order valence-electron chi connectivity index (χ3n) is 4.69. The Labute approximate surface area is 188 Å². The number of carbonyl (C=O) groups excluding carboxylic acids is 1. The van der Waals surface area contributed by atoms with Gasteiger partial charge in [-0.3, -0.25) is 4.79 Å². The second-order valence-corrected chi connectivity index (χ2v) is 7.65. The highest BCUT2D eigenvalue weighted by molar-refractivity contribution is 6.42. The summed E-state index contributed by atoms with van der Waals surface area (Å²) >= 11 is 12.1. The fourth-order valence-corrected chi connectivity index (χ4v) is 3.45. The highest BCUT2D eigenvalue weighted by Crippen LogP contribution is 2.31. The van der Waals surface area contributed by atoms with Crippen LogP contribution in [0.4, 0.5) is 0 Å². The maximum atomic E-state index is 12.4. The zero-order valence-electron chi connectivity index (χ0n) is 16.2. The molecule has 2 N–H and O–H groups in total. The fourth-order valence-electron chi connectivity index (χ4n) is 3.14. The molecule has 1 heterocycles. The standard InChI is InChI=1S/C23H17Cl2N3O3/c24-17-12-19-20(13-18(17)25)27-28(26-19)21-11-14(8-9-29)10-16(23(21)31)6-7-22(30)15-4-2-1-3-5-15/h1-7,10-13,29,31H,8-9H2/b7-6-. The van der Waals surface area contributed by atoms with Crippen molar-refractivity contribution in [3.8, 4) is 11.4 Å². The number of benzene rings is 3. The van der Waals surface area contributed by atoms with Crippen molar-refractivity contribution in [3.63, 3.8) is 0 Å². The van der Waals surface area contributed by atoms with E-state index in [1.165, 1.54) is 16.9 Å². The Morgan fingerprint density at radius 1 is 1.00 bits per heavy atom. The maximum Gasteiger partial charge on any atom is 0.185 e. The molecule has 156 valence electrons. The Balaban J connectivity index is 1.77. The van der Waals surface area contributed by atoms with Crippen molar-refractivity contribution in [2.45, 2.75) is 6.42 Å². The van der Waals surface area contributed by atoms with Gasteiger partial charge in [-0.1, -0.05) is 53.5 Å². The summed E-state index contributed by atoms with van der Waals surface area (Å²) in [5.41, 5.74) is 3.03. The van der Waals surface area contributed by atoms with Crippen LogP contribution in [0.25, 0.3) is 22.8 Å². The topological polar surface area (TPSA) is 88.2 Å². The van der Waals surface area contributed by atoms with E-state index in [1.807, 2.05) is 6.07 Å². The third-order valence-corrected chi connectivity index (χ3v) is 5.41. The average molecular weight is 454 g/mol. The number of hydrogen-bond donors (Lipinski definition) is 2. The van der Waals surface area contributed by atoms with Crippen molar-refractivity contribution in [2.75, 3.05) is 6.61 Å². The number of aliphatic hydroxyl groups is 1. The second kappa shape index (κ2) is 8.89. The van der Waals surface area contributed by atoms with E-state index < -0.39 is 0 Å². The Bertz CT molecular complexity index is 1260. The molecule has 0 aliphatic carbocycles. The number of ketones is 1. The minimum Gasteiger partial charge on any atom is -0.505 e. The Kier molecular flexibility index (Phi) is 6.04. The number of aromatic hydroxyl groups is 1. The van der Waals surface area contributed by atoms with Gasteiger partial charge in [0.1, 0.15) is 22.5 Å². The summed E-state index contributed by atoms with van der Waals surface area (Å²) in [5, 5.41) is 29.7. The molecule has 0 aliphatic heterocycles. The van der Waals surface area contributed by atoms with Gasteiger partial charge in [0.2, 0.25) is 0 Å². The van der Waals surface area contributed by atoms with E-state index >= 15 is 0 Å². The molecular formula is C23H17Cl2N3O3. The number of hydrogen-bond acceptors (Lipinski definition) is 5. The van der Waals surface area contributed by atoms with E-state index in [-0.39, 0.29) is 18.1 Å². The van der Waals surface area contributed by atoms with Gasteiger partial charge in [0.15, 0.2) is 5.78 Å². The molecule has 0 saturated heterocycles. The molecular weight excluding hydrogens is 437 g/mol. The van der Waals surface area contributed by atoms with Gasteiger partial charge in [0, 0.05) is 17.7 Å². The first-order valence-electron chi connectivity index (χ1n) is 9.43. The van der Waals surface area contributed by atoms with Crippen molar-refractivity contribution in [1.82, 2.24) is 15.0 Å². The number of phenolic OH excluding ortho intramolecular Hbond substituents is 1. The number of allylic oxidation sites excluding steroid dienone is 1. The summed E-state index contributed by atoms with van der Waals surface area (Å²) in [6.07, 6.45) is 3.29. The molecule has 1 aromatic heterocycles. The van der Waals surface area contributed by atoms with Gasteiger partial charge < -0.3 is 10.2 Å². The molecule has 0 atom stereocenters. The number of halogens is 2. The normalized spacial score (nSPS) is 11.5. The molecule has 0 amide bonds. The van der Waals surface area contributed by atoms with Crippen LogP contribution >= 0.6 is 23.2 Å². The molecule has 0 spiro atoms. The van der Waals surface area contributed by atoms with Gasteiger partial charge in [0.25, 0.3) is 0 Å². The minimum absolute atomic E-state index is 0.0734. The summed E-state index contributed by atoms with van der Waals surface area (Å²) < 4.78 is 0. The lowest BCUT2D eigenvalue weighted by Crippen LogP contribution is -2.03. The fraction of sp³-hybridized carbons (Fsp3) is 0.0870. The second-order valence-electron chi connectivity index (χ2n) is 6.83. The zero-order valence-corrected chi connectivity index (χ0v) is 17.7. The predicted molar refractivity (Wildman–Crippen MR) is 121 cm³/mol. The third kappa shape index (κ3) is 4.46. The highest BCUT2D eigenvalue weighted by Gasteiger charge is 2.15. The molecule has 0 radical (unpaired) electrons. The van der Waals surface area contributed by atoms with Crippen LogP contribution in [0.3, 0.4) is 0 Å². The first-order valence-corrected chi connectivity index (χ1v) is 10.2. The van der Waals surface area contributed by atoms with E-state index in [4.69, 9.17) is 23.2 Å². The lowest BCUT2D eigenvalue weighted by molar-refractivity contribution is 0.104. The average Bonchev–Trinajstić information content (AvgIpc) is 3.17. The maximum absolute atomic E-state index is 12.4. The van der Waals surface area contributed by atoms with E-state index in [0.29, 0.717) is 44.3 Å². The van der Waals surface area contributed by atoms with Gasteiger partial charge in [-0.25, -0.2) is 0 Å². The summed E-state index contributed by atoms with van der Waals surface area (Å²) in [4.78, 5) is 13.7. The quantitative estimate of drug-likeness (QED) is 0.321. The largest absolute Gasteiger partial charge is 0.505 e. The molecule has 3 aromatic carbocycles. The van der Waals surface area contributed by atoms with Crippen molar-refractivity contribution >= 4 is 46.1 Å². The number of phenols is 1. The van der Waals surface area contributed by atoms with Crippen molar-refractivity contribution in [2.24, 2.45) is 0 Å². The van der Waals surface area contributed by atoms with Crippen LogP contribution in [-0.2, 0) is 6.42 Å². The molecule has 0 unspecified atom stereocenters. The minimum atomic E-state index is -0.193. The van der Waals surface area contributed by atoms with Crippen LogP contribution in [0.5, 0.6) is 5.75 Å². The molecule has 4 rings (SSSR count). The van der Waals surface area contributed by atoms with Gasteiger partial charge in [-0.2, -0.15) is 0 Å². The van der Waals surface area contributed by atoms with Crippen LogP contribution in [0, 0.1) is 0 Å². The van der Waals surface area contributed by atoms with Crippen molar-refractivity contribution in [3.05, 3.63) is 87.4 Å². The SMILES string of the molecule is O=C(/C=C\c1cc(CCO)cc(-n2nc3cc(Cl)c(Cl)cc3n2)c1O)c1ccccc1. The molecule has 0 fully saturated rings. The first-order chi connectivity index (χ1) is 15.0. The summed E-state index contributed by atoms with van der Waals surface area (Å²) in [7, 11) is 0. The number of aliphatic hydroxyl groups excluding tert-OH is 1. The first kappa shape index (κ1) is 21.1. The summed E-state index contributed by atoms with van der Waals surface area (Å²) in [6.45, 7) is -0.0734. The number of carbonyl (C=O) groups is 1. The van der Waals surface area contributed by atoms with Crippen LogP contribution in [-0.4, -0.2) is 37.6 Å². The van der Waals surface area contributed by atoms with Crippen LogP contribution in [0.1, 0.15) is 21.5 Å². The van der Waals surface area contributed by atoms with E-state index in [1.54, 1.807) is 48.5 Å². The molecule has 4 aromatic rings. The Morgan fingerprint density at radius 2 is 1.65 bits per heavy atom. The lowest BCUT2D eigenvalue weighted by Gasteiger charge is -2.10. The van der Waals surface area contributed by atoms with Crippen LogP contribution < -0.4 is 0 Å².